The van der Waals surface area contributed by atoms with Crippen molar-refractivity contribution in [3.05, 3.63) is 77.1 Å². The van der Waals surface area contributed by atoms with Gasteiger partial charge in [-0.05, 0) is 67.8 Å². The van der Waals surface area contributed by atoms with Gasteiger partial charge in [0.05, 0.1) is 17.6 Å². The zero-order valence-corrected chi connectivity index (χ0v) is 22.1. The predicted octanol–water partition coefficient (Wildman–Crippen LogP) is 6.15. The monoisotopic (exact) mass is 531 g/mol. The number of para-hydroxylation sites is 2. The van der Waals surface area contributed by atoms with E-state index in [-0.39, 0.29) is 11.8 Å². The molecule has 196 valence electrons. The summed E-state index contributed by atoms with van der Waals surface area (Å²) in [5, 5.41) is 0.745. The molecule has 1 unspecified atom stereocenters. The van der Waals surface area contributed by atoms with Gasteiger partial charge < -0.3 is 23.7 Å². The van der Waals surface area contributed by atoms with Crippen LogP contribution in [0.4, 0.5) is 5.69 Å². The van der Waals surface area contributed by atoms with Crippen LogP contribution in [0, 0.1) is 6.92 Å². The Bertz CT molecular complexity index is 1480. The van der Waals surface area contributed by atoms with Gasteiger partial charge in [0.25, 0.3) is 0 Å². The molecule has 0 spiro atoms. The fourth-order valence-corrected chi connectivity index (χ4v) is 5.36. The second-order valence-corrected chi connectivity index (χ2v) is 10.2. The molecule has 0 saturated carbocycles. The lowest BCUT2D eigenvalue weighted by molar-refractivity contribution is -0.117. The Labute approximate surface area is 226 Å². The maximum absolute atomic E-state index is 13.1. The average molecular weight is 532 g/mol. The van der Waals surface area contributed by atoms with Crippen molar-refractivity contribution in [2.75, 3.05) is 31.3 Å². The zero-order valence-electron chi connectivity index (χ0n) is 21.4. The van der Waals surface area contributed by atoms with Gasteiger partial charge in [0.1, 0.15) is 24.8 Å². The first-order valence-electron chi connectivity index (χ1n) is 13.1. The van der Waals surface area contributed by atoms with E-state index >= 15 is 0 Å². The first kappa shape index (κ1) is 24.6. The van der Waals surface area contributed by atoms with E-state index in [1.807, 2.05) is 66.4 Å². The van der Waals surface area contributed by atoms with Crippen LogP contribution < -0.4 is 19.1 Å². The third-order valence-electron chi connectivity index (χ3n) is 7.19. The number of carbonyl (C=O) groups excluding carboxylic acids is 1. The molecule has 1 saturated heterocycles. The van der Waals surface area contributed by atoms with Crippen molar-refractivity contribution < 1.29 is 19.0 Å². The third-order valence-corrected chi connectivity index (χ3v) is 7.61. The molecule has 2 aliphatic rings. The Kier molecular flexibility index (Phi) is 6.85. The van der Waals surface area contributed by atoms with Crippen LogP contribution in [0.1, 0.15) is 36.6 Å². The number of aromatic nitrogens is 2. The number of unbranched alkanes of at least 4 members (excludes halogenated alkanes) is 1. The second kappa shape index (κ2) is 10.6. The molecule has 1 amide bonds. The summed E-state index contributed by atoms with van der Waals surface area (Å²) in [6, 6.07) is 19.6. The number of ether oxygens (including phenoxy) is 3. The van der Waals surface area contributed by atoms with E-state index in [4.69, 9.17) is 30.8 Å². The van der Waals surface area contributed by atoms with E-state index in [2.05, 4.69) is 10.6 Å². The van der Waals surface area contributed by atoms with Gasteiger partial charge in [-0.15, -0.1) is 0 Å². The number of rotatable bonds is 8. The molecule has 2 aliphatic heterocycles. The number of fused-ring (bicyclic) bond motifs is 2. The Hall–Kier alpha value is -3.71. The SMILES string of the molecule is Cc1cc(OCCCCn2c(C3CC(=O)N(c4ccc5c(c4)OCCO5)C3)nc3ccccc32)ccc1Cl. The lowest BCUT2D eigenvalue weighted by Gasteiger charge is -2.22. The van der Waals surface area contributed by atoms with Gasteiger partial charge in [0, 0.05) is 42.2 Å². The minimum Gasteiger partial charge on any atom is -0.494 e. The molecule has 0 radical (unpaired) electrons. The van der Waals surface area contributed by atoms with E-state index < -0.39 is 0 Å². The predicted molar refractivity (Wildman–Crippen MR) is 148 cm³/mol. The van der Waals surface area contributed by atoms with Crippen molar-refractivity contribution in [2.45, 2.75) is 38.6 Å². The van der Waals surface area contributed by atoms with Crippen LogP contribution in [0.15, 0.2) is 60.7 Å². The highest BCUT2D eigenvalue weighted by Crippen LogP contribution is 2.38. The molecule has 3 aromatic carbocycles. The minimum atomic E-state index is 0.0105. The number of hydrogen-bond donors (Lipinski definition) is 0. The highest BCUT2D eigenvalue weighted by Gasteiger charge is 2.35. The lowest BCUT2D eigenvalue weighted by Crippen LogP contribution is -2.25. The standard InChI is InChI=1S/C30H30ClN3O4/c1-20-16-23(9-10-24(20)31)36-13-5-4-12-33-26-7-3-2-6-25(26)32-30(33)21-17-29(35)34(19-21)22-8-11-27-28(18-22)38-15-14-37-27/h2-3,6-11,16,18,21H,4-5,12-15,17,19H2,1H3. The van der Waals surface area contributed by atoms with Gasteiger partial charge in [-0.1, -0.05) is 23.7 Å². The molecular weight excluding hydrogens is 502 g/mol. The number of aryl methyl sites for hydroxylation is 2. The Morgan fingerprint density at radius 3 is 2.74 bits per heavy atom. The van der Waals surface area contributed by atoms with Crippen molar-refractivity contribution in [1.29, 1.82) is 0 Å². The number of imidazole rings is 1. The molecule has 6 rings (SSSR count). The minimum absolute atomic E-state index is 0.0105. The second-order valence-electron chi connectivity index (χ2n) is 9.81. The normalized spacial score (nSPS) is 16.8. The Balaban J connectivity index is 1.16. The number of hydrogen-bond acceptors (Lipinski definition) is 5. The molecule has 3 heterocycles. The summed E-state index contributed by atoms with van der Waals surface area (Å²) in [5.74, 6) is 3.32. The smallest absolute Gasteiger partial charge is 0.227 e. The molecule has 1 fully saturated rings. The molecule has 0 aliphatic carbocycles. The molecule has 1 atom stereocenters. The molecule has 7 nitrogen and oxygen atoms in total. The van der Waals surface area contributed by atoms with Crippen molar-refractivity contribution in [2.24, 2.45) is 0 Å². The summed E-state index contributed by atoms with van der Waals surface area (Å²) in [6.45, 7) is 5.06. The maximum Gasteiger partial charge on any atom is 0.227 e. The van der Waals surface area contributed by atoms with Crippen LogP contribution in [-0.2, 0) is 11.3 Å². The molecule has 4 aromatic rings. The van der Waals surface area contributed by atoms with Gasteiger partial charge in [0.2, 0.25) is 5.91 Å². The quantitative estimate of drug-likeness (QED) is 0.255. The summed E-state index contributed by atoms with van der Waals surface area (Å²) in [5.41, 5.74) is 3.90. The van der Waals surface area contributed by atoms with Gasteiger partial charge in [0.15, 0.2) is 11.5 Å². The number of carbonyl (C=O) groups is 1. The van der Waals surface area contributed by atoms with Crippen molar-refractivity contribution >= 4 is 34.2 Å². The van der Waals surface area contributed by atoms with Crippen LogP contribution in [0.3, 0.4) is 0 Å². The number of nitrogens with zero attached hydrogens (tertiary/aromatic N) is 3. The van der Waals surface area contributed by atoms with Crippen LogP contribution in [0.25, 0.3) is 11.0 Å². The molecule has 0 bridgehead atoms. The highest BCUT2D eigenvalue weighted by molar-refractivity contribution is 6.31. The average Bonchev–Trinajstić information content (AvgIpc) is 3.50. The summed E-state index contributed by atoms with van der Waals surface area (Å²) in [4.78, 5) is 20.0. The summed E-state index contributed by atoms with van der Waals surface area (Å²) < 4.78 is 19.6. The summed E-state index contributed by atoms with van der Waals surface area (Å²) >= 11 is 6.12. The van der Waals surface area contributed by atoms with E-state index in [1.165, 1.54) is 0 Å². The molecule has 8 heteroatoms. The van der Waals surface area contributed by atoms with Gasteiger partial charge in [-0.2, -0.15) is 0 Å². The van der Waals surface area contributed by atoms with Crippen LogP contribution in [-0.4, -0.2) is 41.8 Å². The lowest BCUT2D eigenvalue weighted by atomic mass is 10.1. The summed E-state index contributed by atoms with van der Waals surface area (Å²) in [6.07, 6.45) is 2.27. The van der Waals surface area contributed by atoms with Crippen LogP contribution in [0.5, 0.6) is 17.2 Å². The van der Waals surface area contributed by atoms with Crippen molar-refractivity contribution in [1.82, 2.24) is 9.55 Å². The zero-order chi connectivity index (χ0) is 26.1. The molecule has 38 heavy (non-hydrogen) atoms. The Morgan fingerprint density at radius 2 is 1.87 bits per heavy atom. The number of amides is 1. The molecular formula is C30H30ClN3O4. The summed E-state index contributed by atoms with van der Waals surface area (Å²) in [7, 11) is 0. The van der Waals surface area contributed by atoms with Crippen LogP contribution in [0.2, 0.25) is 5.02 Å². The van der Waals surface area contributed by atoms with Gasteiger partial charge in [-0.3, -0.25) is 4.79 Å². The fraction of sp³-hybridized carbons (Fsp3) is 0.333. The number of anilines is 1. The first-order valence-corrected chi connectivity index (χ1v) is 13.5. The van der Waals surface area contributed by atoms with E-state index in [9.17, 15) is 4.79 Å². The first-order chi connectivity index (χ1) is 18.6. The van der Waals surface area contributed by atoms with E-state index in [1.54, 1.807) is 0 Å². The Morgan fingerprint density at radius 1 is 1.03 bits per heavy atom. The van der Waals surface area contributed by atoms with Gasteiger partial charge >= 0.3 is 0 Å². The van der Waals surface area contributed by atoms with E-state index in [0.29, 0.717) is 38.5 Å². The highest BCUT2D eigenvalue weighted by atomic mass is 35.5. The van der Waals surface area contributed by atoms with Crippen LogP contribution >= 0.6 is 11.6 Å². The fourth-order valence-electron chi connectivity index (χ4n) is 5.24. The molecule has 1 aromatic heterocycles. The number of halogens is 1. The third kappa shape index (κ3) is 4.90. The number of benzene rings is 3. The van der Waals surface area contributed by atoms with Gasteiger partial charge in [-0.25, -0.2) is 4.98 Å². The van der Waals surface area contributed by atoms with Crippen molar-refractivity contribution in [3.63, 3.8) is 0 Å². The topological polar surface area (TPSA) is 65.8 Å². The molecule has 0 N–H and O–H groups in total. The maximum atomic E-state index is 13.1. The van der Waals surface area contributed by atoms with E-state index in [0.717, 1.165) is 64.0 Å². The largest absolute Gasteiger partial charge is 0.494 e. The van der Waals surface area contributed by atoms with Crippen molar-refractivity contribution in [3.8, 4) is 17.2 Å².